The summed E-state index contributed by atoms with van der Waals surface area (Å²) in [6.45, 7) is 4.18. The molecule has 0 N–H and O–H groups in total. The van der Waals surface area contributed by atoms with Crippen molar-refractivity contribution >= 4 is 11.1 Å². The molecule has 0 fully saturated rings. The second kappa shape index (κ2) is 5.40. The Morgan fingerprint density at radius 2 is 1.30 bits per heavy atom. The van der Waals surface area contributed by atoms with Crippen LogP contribution in [0.2, 0.25) is 0 Å². The van der Waals surface area contributed by atoms with Gasteiger partial charge in [-0.1, -0.05) is 42.5 Å². The van der Waals surface area contributed by atoms with Gasteiger partial charge in [0.1, 0.15) is 5.52 Å². The summed E-state index contributed by atoms with van der Waals surface area (Å²) in [6.07, 6.45) is 0. The van der Waals surface area contributed by atoms with Gasteiger partial charge >= 0.3 is 0 Å². The average Bonchev–Trinajstić information content (AvgIpc) is 2.99. The van der Waals surface area contributed by atoms with Crippen LogP contribution in [-0.2, 0) is 0 Å². The maximum absolute atomic E-state index is 5.92. The standard InChI is InChI=1S/C21H17NO/c1-14-12-19-20(13-15(14)2)23-21(22-19)18-10-8-17(9-11-18)16-6-4-3-5-7-16/h3-13H,1-2H3. The highest BCUT2D eigenvalue weighted by atomic mass is 16.3. The van der Waals surface area contributed by atoms with Gasteiger partial charge in [0.15, 0.2) is 5.58 Å². The largest absolute Gasteiger partial charge is 0.436 e. The van der Waals surface area contributed by atoms with E-state index in [9.17, 15) is 0 Å². The van der Waals surface area contributed by atoms with Crippen molar-refractivity contribution in [3.63, 3.8) is 0 Å². The predicted octanol–water partition coefficient (Wildman–Crippen LogP) is 5.78. The summed E-state index contributed by atoms with van der Waals surface area (Å²) in [5.41, 5.74) is 7.61. The Labute approximate surface area is 135 Å². The third kappa shape index (κ3) is 2.53. The molecule has 0 saturated heterocycles. The Hall–Kier alpha value is -2.87. The number of oxazole rings is 1. The number of rotatable bonds is 2. The summed E-state index contributed by atoms with van der Waals surface area (Å²) < 4.78 is 5.92. The Bertz CT molecular complexity index is 927. The number of aromatic nitrogens is 1. The quantitative estimate of drug-likeness (QED) is 0.469. The van der Waals surface area contributed by atoms with E-state index in [-0.39, 0.29) is 0 Å². The zero-order valence-corrected chi connectivity index (χ0v) is 13.2. The van der Waals surface area contributed by atoms with Crippen molar-refractivity contribution in [2.45, 2.75) is 13.8 Å². The van der Waals surface area contributed by atoms with Crippen LogP contribution in [0.4, 0.5) is 0 Å². The molecule has 23 heavy (non-hydrogen) atoms. The van der Waals surface area contributed by atoms with E-state index in [0.29, 0.717) is 5.89 Å². The van der Waals surface area contributed by atoms with E-state index in [4.69, 9.17) is 4.42 Å². The summed E-state index contributed by atoms with van der Waals surface area (Å²) in [4.78, 5) is 4.62. The van der Waals surface area contributed by atoms with E-state index in [1.807, 2.05) is 6.07 Å². The number of benzene rings is 3. The molecule has 4 rings (SSSR count). The maximum Gasteiger partial charge on any atom is 0.227 e. The molecule has 4 aromatic rings. The predicted molar refractivity (Wildman–Crippen MR) is 94.4 cm³/mol. The van der Waals surface area contributed by atoms with Gasteiger partial charge in [-0.15, -0.1) is 0 Å². The third-order valence-corrected chi connectivity index (χ3v) is 4.24. The molecule has 1 aromatic heterocycles. The normalized spacial score (nSPS) is 11.0. The van der Waals surface area contributed by atoms with Crippen molar-refractivity contribution in [1.29, 1.82) is 0 Å². The summed E-state index contributed by atoms with van der Waals surface area (Å²) >= 11 is 0. The fraction of sp³-hybridized carbons (Fsp3) is 0.0952. The lowest BCUT2D eigenvalue weighted by Crippen LogP contribution is -1.80. The topological polar surface area (TPSA) is 26.0 Å². The molecular weight excluding hydrogens is 282 g/mol. The van der Waals surface area contributed by atoms with Gasteiger partial charge in [-0.05, 0) is 60.4 Å². The van der Waals surface area contributed by atoms with Crippen LogP contribution in [0.25, 0.3) is 33.7 Å². The van der Waals surface area contributed by atoms with Crippen molar-refractivity contribution in [3.8, 4) is 22.6 Å². The maximum atomic E-state index is 5.92. The second-order valence-corrected chi connectivity index (χ2v) is 5.87. The van der Waals surface area contributed by atoms with Gasteiger partial charge in [-0.25, -0.2) is 4.98 Å². The lowest BCUT2D eigenvalue weighted by molar-refractivity contribution is 0.619. The van der Waals surface area contributed by atoms with E-state index < -0.39 is 0 Å². The zero-order valence-electron chi connectivity index (χ0n) is 13.2. The first kappa shape index (κ1) is 13.8. The molecule has 1 heterocycles. The fourth-order valence-electron chi connectivity index (χ4n) is 2.74. The molecule has 0 aliphatic rings. The van der Waals surface area contributed by atoms with Crippen molar-refractivity contribution in [1.82, 2.24) is 4.98 Å². The van der Waals surface area contributed by atoms with E-state index in [0.717, 1.165) is 16.7 Å². The van der Waals surface area contributed by atoms with Gasteiger partial charge in [0.2, 0.25) is 5.89 Å². The molecule has 0 radical (unpaired) electrons. The number of aryl methyl sites for hydroxylation is 2. The number of fused-ring (bicyclic) bond motifs is 1. The summed E-state index contributed by atoms with van der Waals surface area (Å²) in [7, 11) is 0. The molecule has 0 saturated carbocycles. The Morgan fingerprint density at radius 3 is 2.04 bits per heavy atom. The Kier molecular flexibility index (Phi) is 3.23. The summed E-state index contributed by atoms with van der Waals surface area (Å²) in [6, 6.07) is 22.8. The number of nitrogens with zero attached hydrogens (tertiary/aromatic N) is 1. The highest BCUT2D eigenvalue weighted by Crippen LogP contribution is 2.28. The van der Waals surface area contributed by atoms with Gasteiger partial charge < -0.3 is 4.42 Å². The van der Waals surface area contributed by atoms with E-state index in [1.165, 1.54) is 22.3 Å². The molecule has 0 aliphatic heterocycles. The third-order valence-electron chi connectivity index (χ3n) is 4.24. The minimum Gasteiger partial charge on any atom is -0.436 e. The molecule has 3 aromatic carbocycles. The molecule has 0 amide bonds. The van der Waals surface area contributed by atoms with Gasteiger partial charge in [-0.2, -0.15) is 0 Å². The first-order valence-electron chi connectivity index (χ1n) is 7.74. The van der Waals surface area contributed by atoms with Crippen LogP contribution in [0.15, 0.2) is 71.1 Å². The average molecular weight is 299 g/mol. The molecule has 0 aliphatic carbocycles. The van der Waals surface area contributed by atoms with Crippen LogP contribution in [0.5, 0.6) is 0 Å². The number of hydrogen-bond acceptors (Lipinski definition) is 2. The van der Waals surface area contributed by atoms with Crippen LogP contribution >= 0.6 is 0 Å². The zero-order chi connectivity index (χ0) is 15.8. The highest BCUT2D eigenvalue weighted by Gasteiger charge is 2.09. The van der Waals surface area contributed by atoms with Crippen LogP contribution < -0.4 is 0 Å². The fourth-order valence-corrected chi connectivity index (χ4v) is 2.74. The van der Waals surface area contributed by atoms with Crippen LogP contribution in [0.1, 0.15) is 11.1 Å². The van der Waals surface area contributed by atoms with Crippen LogP contribution in [0, 0.1) is 13.8 Å². The van der Waals surface area contributed by atoms with Crippen LogP contribution in [-0.4, -0.2) is 4.98 Å². The van der Waals surface area contributed by atoms with Crippen molar-refractivity contribution in [2.24, 2.45) is 0 Å². The molecule has 0 spiro atoms. The SMILES string of the molecule is Cc1cc2nc(-c3ccc(-c4ccccc4)cc3)oc2cc1C. The Morgan fingerprint density at radius 1 is 0.696 bits per heavy atom. The second-order valence-electron chi connectivity index (χ2n) is 5.87. The smallest absolute Gasteiger partial charge is 0.227 e. The lowest BCUT2D eigenvalue weighted by atomic mass is 10.0. The molecular formula is C21H17NO. The van der Waals surface area contributed by atoms with Gasteiger partial charge in [0.05, 0.1) is 0 Å². The van der Waals surface area contributed by atoms with Gasteiger partial charge in [0, 0.05) is 5.56 Å². The first-order chi connectivity index (χ1) is 11.2. The molecule has 0 bridgehead atoms. The van der Waals surface area contributed by atoms with Gasteiger partial charge in [-0.3, -0.25) is 0 Å². The molecule has 2 nitrogen and oxygen atoms in total. The van der Waals surface area contributed by atoms with Gasteiger partial charge in [0.25, 0.3) is 0 Å². The lowest BCUT2D eigenvalue weighted by Gasteiger charge is -2.02. The highest BCUT2D eigenvalue weighted by molar-refractivity contribution is 5.78. The molecule has 2 heteroatoms. The minimum absolute atomic E-state index is 0.671. The summed E-state index contributed by atoms with van der Waals surface area (Å²) in [5, 5.41) is 0. The van der Waals surface area contributed by atoms with Crippen LogP contribution in [0.3, 0.4) is 0 Å². The van der Waals surface area contributed by atoms with E-state index in [1.54, 1.807) is 0 Å². The van der Waals surface area contributed by atoms with Crippen molar-refractivity contribution in [3.05, 3.63) is 77.9 Å². The van der Waals surface area contributed by atoms with E-state index in [2.05, 4.69) is 79.5 Å². The number of hydrogen-bond donors (Lipinski definition) is 0. The minimum atomic E-state index is 0.671. The van der Waals surface area contributed by atoms with E-state index >= 15 is 0 Å². The molecule has 0 unspecified atom stereocenters. The summed E-state index contributed by atoms with van der Waals surface area (Å²) in [5.74, 6) is 0.671. The monoisotopic (exact) mass is 299 g/mol. The Balaban J connectivity index is 1.73. The van der Waals surface area contributed by atoms with Crippen molar-refractivity contribution in [2.75, 3.05) is 0 Å². The molecule has 0 atom stereocenters. The molecule has 112 valence electrons. The van der Waals surface area contributed by atoms with Crippen molar-refractivity contribution < 1.29 is 4.42 Å². The first-order valence-corrected chi connectivity index (χ1v) is 7.74.